The Bertz CT molecular complexity index is 581. The molecule has 0 atom stereocenters. The van der Waals surface area contributed by atoms with Gasteiger partial charge < -0.3 is 15.0 Å². The first-order valence-electron chi connectivity index (χ1n) is 8.99. The molecule has 1 aromatic carbocycles. The highest BCUT2D eigenvalue weighted by molar-refractivity contribution is 5.79. The van der Waals surface area contributed by atoms with Gasteiger partial charge in [0.2, 0.25) is 5.91 Å². The van der Waals surface area contributed by atoms with E-state index in [1.54, 1.807) is 0 Å². The summed E-state index contributed by atoms with van der Waals surface area (Å²) in [6, 6.07) is 7.96. The zero-order valence-electron chi connectivity index (χ0n) is 15.5. The van der Waals surface area contributed by atoms with Gasteiger partial charge in [0.25, 0.3) is 5.91 Å². The molecule has 2 amide bonds. The molecule has 1 saturated heterocycles. The van der Waals surface area contributed by atoms with Crippen LogP contribution in [0.3, 0.4) is 0 Å². The Morgan fingerprint density at radius 2 is 1.84 bits per heavy atom. The van der Waals surface area contributed by atoms with Crippen molar-refractivity contribution in [2.45, 2.75) is 33.2 Å². The van der Waals surface area contributed by atoms with E-state index >= 15 is 0 Å². The van der Waals surface area contributed by atoms with Gasteiger partial charge in [0.1, 0.15) is 5.75 Å². The van der Waals surface area contributed by atoms with E-state index in [1.165, 1.54) is 0 Å². The van der Waals surface area contributed by atoms with Crippen molar-refractivity contribution >= 4 is 11.8 Å². The molecule has 1 N–H and O–H groups in total. The summed E-state index contributed by atoms with van der Waals surface area (Å²) in [6.07, 6.45) is 0.876. The molecule has 1 aliphatic rings. The SMILES string of the molecule is CCc1ccccc1OCC(=O)N1CCN(CC(=O)NC(C)C)CC1. The van der Waals surface area contributed by atoms with Crippen molar-refractivity contribution < 1.29 is 14.3 Å². The number of carbonyl (C=O) groups is 2. The third-order valence-electron chi connectivity index (χ3n) is 4.25. The lowest BCUT2D eigenvalue weighted by Gasteiger charge is -2.34. The third kappa shape index (κ3) is 6.05. The van der Waals surface area contributed by atoms with Crippen molar-refractivity contribution in [1.29, 1.82) is 0 Å². The first-order chi connectivity index (χ1) is 12.0. The zero-order chi connectivity index (χ0) is 18.2. The van der Waals surface area contributed by atoms with Crippen LogP contribution in [-0.4, -0.2) is 67.0 Å². The highest BCUT2D eigenvalue weighted by atomic mass is 16.5. The van der Waals surface area contributed by atoms with Crippen LogP contribution in [0.5, 0.6) is 5.75 Å². The van der Waals surface area contributed by atoms with Gasteiger partial charge in [0, 0.05) is 32.2 Å². The number of amides is 2. The van der Waals surface area contributed by atoms with Crippen LogP contribution < -0.4 is 10.1 Å². The molecule has 0 unspecified atom stereocenters. The quantitative estimate of drug-likeness (QED) is 0.808. The van der Waals surface area contributed by atoms with Crippen molar-refractivity contribution in [2.75, 3.05) is 39.3 Å². The Hall–Kier alpha value is -2.08. The minimum atomic E-state index is -0.00260. The predicted molar refractivity (Wildman–Crippen MR) is 97.6 cm³/mol. The fourth-order valence-electron chi connectivity index (χ4n) is 2.89. The predicted octanol–water partition coefficient (Wildman–Crippen LogP) is 1.30. The van der Waals surface area contributed by atoms with Crippen LogP contribution >= 0.6 is 0 Å². The van der Waals surface area contributed by atoms with Crippen molar-refractivity contribution in [2.24, 2.45) is 0 Å². The average Bonchev–Trinajstić information content (AvgIpc) is 2.59. The minimum absolute atomic E-state index is 0.00260. The van der Waals surface area contributed by atoms with Gasteiger partial charge in [-0.05, 0) is 31.9 Å². The smallest absolute Gasteiger partial charge is 0.260 e. The number of carbonyl (C=O) groups excluding carboxylic acids is 2. The highest BCUT2D eigenvalue weighted by Crippen LogP contribution is 2.18. The van der Waals surface area contributed by atoms with Gasteiger partial charge in [0.05, 0.1) is 6.54 Å². The van der Waals surface area contributed by atoms with E-state index in [0.29, 0.717) is 32.7 Å². The molecule has 1 heterocycles. The Kier molecular flexibility index (Phi) is 7.25. The summed E-state index contributed by atoms with van der Waals surface area (Å²) in [6.45, 7) is 9.10. The number of aryl methyl sites for hydroxylation is 1. The molecule has 0 radical (unpaired) electrons. The molecule has 0 bridgehead atoms. The van der Waals surface area contributed by atoms with Gasteiger partial charge in [0.15, 0.2) is 6.61 Å². The number of hydrogen-bond donors (Lipinski definition) is 1. The largest absolute Gasteiger partial charge is 0.483 e. The standard InChI is InChI=1S/C19H29N3O3/c1-4-16-7-5-6-8-17(16)25-14-19(24)22-11-9-21(10-12-22)13-18(23)20-15(2)3/h5-8,15H,4,9-14H2,1-3H3,(H,20,23). The normalized spacial score (nSPS) is 15.3. The van der Waals surface area contributed by atoms with E-state index in [1.807, 2.05) is 43.0 Å². The molecular formula is C19H29N3O3. The number of benzene rings is 1. The zero-order valence-corrected chi connectivity index (χ0v) is 15.5. The van der Waals surface area contributed by atoms with Crippen LogP contribution in [0.25, 0.3) is 0 Å². The van der Waals surface area contributed by atoms with Crippen molar-refractivity contribution in [3.05, 3.63) is 29.8 Å². The molecule has 138 valence electrons. The second-order valence-corrected chi connectivity index (χ2v) is 6.63. The Balaban J connectivity index is 1.75. The van der Waals surface area contributed by atoms with Gasteiger partial charge >= 0.3 is 0 Å². The average molecular weight is 347 g/mol. The Labute approximate surface area is 150 Å². The molecule has 1 fully saturated rings. The number of piperazine rings is 1. The summed E-state index contributed by atoms with van der Waals surface area (Å²) in [4.78, 5) is 28.0. The third-order valence-corrected chi connectivity index (χ3v) is 4.25. The molecule has 1 aromatic rings. The molecule has 2 rings (SSSR count). The van der Waals surface area contributed by atoms with Gasteiger partial charge in [-0.25, -0.2) is 0 Å². The number of ether oxygens (including phenoxy) is 1. The summed E-state index contributed by atoms with van der Waals surface area (Å²) in [5.41, 5.74) is 1.11. The van der Waals surface area contributed by atoms with E-state index in [2.05, 4.69) is 17.1 Å². The topological polar surface area (TPSA) is 61.9 Å². The van der Waals surface area contributed by atoms with E-state index in [0.717, 1.165) is 17.7 Å². The summed E-state index contributed by atoms with van der Waals surface area (Å²) in [7, 11) is 0. The second kappa shape index (κ2) is 9.42. The lowest BCUT2D eigenvalue weighted by atomic mass is 10.1. The molecule has 0 aliphatic carbocycles. The molecule has 0 saturated carbocycles. The van der Waals surface area contributed by atoms with E-state index < -0.39 is 0 Å². The Morgan fingerprint density at radius 3 is 2.48 bits per heavy atom. The lowest BCUT2D eigenvalue weighted by Crippen LogP contribution is -2.52. The molecular weight excluding hydrogens is 318 g/mol. The van der Waals surface area contributed by atoms with Crippen LogP contribution in [0.4, 0.5) is 0 Å². The fraction of sp³-hybridized carbons (Fsp3) is 0.579. The maximum Gasteiger partial charge on any atom is 0.260 e. The number of nitrogens with zero attached hydrogens (tertiary/aromatic N) is 2. The molecule has 6 heteroatoms. The second-order valence-electron chi connectivity index (χ2n) is 6.63. The van der Waals surface area contributed by atoms with E-state index in [-0.39, 0.29) is 24.5 Å². The van der Waals surface area contributed by atoms with Gasteiger partial charge in [-0.1, -0.05) is 25.1 Å². The van der Waals surface area contributed by atoms with Crippen molar-refractivity contribution in [3.63, 3.8) is 0 Å². The van der Waals surface area contributed by atoms with Crippen LogP contribution in [0, 0.1) is 0 Å². The summed E-state index contributed by atoms with van der Waals surface area (Å²) in [5, 5.41) is 2.89. The molecule has 25 heavy (non-hydrogen) atoms. The molecule has 6 nitrogen and oxygen atoms in total. The lowest BCUT2D eigenvalue weighted by molar-refractivity contribution is -0.135. The maximum absolute atomic E-state index is 12.3. The maximum atomic E-state index is 12.3. The summed E-state index contributed by atoms with van der Waals surface area (Å²) < 4.78 is 5.71. The Morgan fingerprint density at radius 1 is 1.16 bits per heavy atom. The number of hydrogen-bond acceptors (Lipinski definition) is 4. The fourth-order valence-corrected chi connectivity index (χ4v) is 2.89. The van der Waals surface area contributed by atoms with Crippen molar-refractivity contribution in [3.8, 4) is 5.75 Å². The summed E-state index contributed by atoms with van der Waals surface area (Å²) >= 11 is 0. The van der Waals surface area contributed by atoms with Crippen LogP contribution in [0.15, 0.2) is 24.3 Å². The van der Waals surface area contributed by atoms with Gasteiger partial charge in [-0.15, -0.1) is 0 Å². The van der Waals surface area contributed by atoms with Crippen molar-refractivity contribution in [1.82, 2.24) is 15.1 Å². The summed E-state index contributed by atoms with van der Waals surface area (Å²) in [5.74, 6) is 0.814. The van der Waals surface area contributed by atoms with E-state index in [4.69, 9.17) is 4.74 Å². The first-order valence-corrected chi connectivity index (χ1v) is 8.99. The minimum Gasteiger partial charge on any atom is -0.483 e. The molecule has 1 aliphatic heterocycles. The number of para-hydroxylation sites is 1. The highest BCUT2D eigenvalue weighted by Gasteiger charge is 2.23. The van der Waals surface area contributed by atoms with Crippen LogP contribution in [-0.2, 0) is 16.0 Å². The molecule has 0 aromatic heterocycles. The van der Waals surface area contributed by atoms with Gasteiger partial charge in [-0.2, -0.15) is 0 Å². The number of nitrogens with one attached hydrogen (secondary N) is 1. The van der Waals surface area contributed by atoms with E-state index in [9.17, 15) is 9.59 Å². The first kappa shape index (κ1) is 19.2. The van der Waals surface area contributed by atoms with Crippen LogP contribution in [0.1, 0.15) is 26.3 Å². The van der Waals surface area contributed by atoms with Gasteiger partial charge in [-0.3, -0.25) is 14.5 Å². The molecule has 0 spiro atoms. The van der Waals surface area contributed by atoms with Crippen LogP contribution in [0.2, 0.25) is 0 Å². The monoisotopic (exact) mass is 347 g/mol. The number of rotatable bonds is 7.